The Kier molecular flexibility index (Phi) is 7.97. The minimum Gasteiger partial charge on any atom is -0.491 e. The fourth-order valence-corrected chi connectivity index (χ4v) is 3.68. The number of anilines is 1. The highest BCUT2D eigenvalue weighted by atomic mass is 35.5. The molecular formula is C23H30ClN5O4. The second-order valence-electron chi connectivity index (χ2n) is 8.76. The molecule has 1 aliphatic heterocycles. The van der Waals surface area contributed by atoms with Crippen molar-refractivity contribution in [1.29, 1.82) is 0 Å². The normalized spacial score (nSPS) is 15.1. The van der Waals surface area contributed by atoms with Gasteiger partial charge in [0.05, 0.1) is 13.3 Å². The van der Waals surface area contributed by atoms with Crippen molar-refractivity contribution in [2.24, 2.45) is 0 Å². The summed E-state index contributed by atoms with van der Waals surface area (Å²) < 4.78 is 10.7. The van der Waals surface area contributed by atoms with Crippen molar-refractivity contribution in [1.82, 2.24) is 20.2 Å². The van der Waals surface area contributed by atoms with Crippen LogP contribution >= 0.6 is 11.6 Å². The first-order valence-corrected chi connectivity index (χ1v) is 11.2. The van der Waals surface area contributed by atoms with Gasteiger partial charge in [0, 0.05) is 37.6 Å². The molecule has 1 unspecified atom stereocenters. The van der Waals surface area contributed by atoms with E-state index in [-0.39, 0.29) is 5.91 Å². The zero-order valence-electron chi connectivity index (χ0n) is 19.4. The van der Waals surface area contributed by atoms with Gasteiger partial charge >= 0.3 is 6.09 Å². The molecule has 0 saturated carbocycles. The molecule has 10 heteroatoms. The van der Waals surface area contributed by atoms with Crippen molar-refractivity contribution in [2.45, 2.75) is 38.8 Å². The summed E-state index contributed by atoms with van der Waals surface area (Å²) in [5.74, 6) is 1.12. The second-order valence-corrected chi connectivity index (χ2v) is 9.19. The maximum atomic E-state index is 13.4. The smallest absolute Gasteiger partial charge is 0.408 e. The topological polar surface area (TPSA) is 96.9 Å². The number of amides is 2. The monoisotopic (exact) mass is 475 g/mol. The predicted octanol–water partition coefficient (Wildman–Crippen LogP) is 2.92. The van der Waals surface area contributed by atoms with Crippen molar-refractivity contribution in [3.63, 3.8) is 0 Å². The van der Waals surface area contributed by atoms with E-state index < -0.39 is 17.7 Å². The van der Waals surface area contributed by atoms with E-state index in [2.05, 4.69) is 20.2 Å². The summed E-state index contributed by atoms with van der Waals surface area (Å²) in [7, 11) is 1.58. The summed E-state index contributed by atoms with van der Waals surface area (Å²) in [5.41, 5.74) is 0.221. The van der Waals surface area contributed by atoms with Crippen LogP contribution in [0.1, 0.15) is 26.3 Å². The van der Waals surface area contributed by atoms with Crippen LogP contribution in [0.5, 0.6) is 5.75 Å². The highest BCUT2D eigenvalue weighted by Gasteiger charge is 2.31. The number of methoxy groups -OCH3 is 1. The maximum Gasteiger partial charge on any atom is 0.408 e. The van der Waals surface area contributed by atoms with E-state index in [4.69, 9.17) is 21.1 Å². The van der Waals surface area contributed by atoms with Crippen LogP contribution < -0.4 is 15.0 Å². The molecule has 0 aliphatic carbocycles. The molecule has 0 spiro atoms. The summed E-state index contributed by atoms with van der Waals surface area (Å²) in [6.45, 7) is 7.48. The molecule has 2 heterocycles. The third-order valence-corrected chi connectivity index (χ3v) is 5.36. The number of nitrogens with zero attached hydrogens (tertiary/aromatic N) is 4. The number of nitrogens with one attached hydrogen (secondary N) is 1. The average molecular weight is 476 g/mol. The van der Waals surface area contributed by atoms with Gasteiger partial charge in [-0.2, -0.15) is 0 Å². The van der Waals surface area contributed by atoms with Gasteiger partial charge in [-0.05, 0) is 38.5 Å². The molecule has 2 aromatic rings. The number of hydrogen-bond acceptors (Lipinski definition) is 7. The molecular weight excluding hydrogens is 446 g/mol. The van der Waals surface area contributed by atoms with Crippen molar-refractivity contribution in [2.75, 3.05) is 38.2 Å². The summed E-state index contributed by atoms with van der Waals surface area (Å²) in [4.78, 5) is 38.0. The molecule has 178 valence electrons. The van der Waals surface area contributed by atoms with Crippen LogP contribution in [-0.4, -0.2) is 71.8 Å². The van der Waals surface area contributed by atoms with Crippen molar-refractivity contribution >= 4 is 29.4 Å². The van der Waals surface area contributed by atoms with Crippen LogP contribution in [0.15, 0.2) is 36.8 Å². The number of halogens is 1. The van der Waals surface area contributed by atoms with Crippen LogP contribution in [0.3, 0.4) is 0 Å². The molecule has 33 heavy (non-hydrogen) atoms. The molecule has 1 fully saturated rings. The summed E-state index contributed by atoms with van der Waals surface area (Å²) in [5, 5.41) is 3.36. The van der Waals surface area contributed by atoms with Gasteiger partial charge < -0.3 is 24.6 Å². The van der Waals surface area contributed by atoms with Gasteiger partial charge in [-0.25, -0.2) is 14.8 Å². The summed E-state index contributed by atoms with van der Waals surface area (Å²) in [6.07, 6.45) is 2.80. The fraction of sp³-hybridized carbons (Fsp3) is 0.478. The largest absolute Gasteiger partial charge is 0.491 e. The van der Waals surface area contributed by atoms with E-state index in [9.17, 15) is 9.59 Å². The first-order chi connectivity index (χ1) is 15.7. The molecule has 1 aliphatic rings. The molecule has 1 aromatic heterocycles. The zero-order valence-corrected chi connectivity index (χ0v) is 20.1. The van der Waals surface area contributed by atoms with Crippen LogP contribution in [0.2, 0.25) is 5.02 Å². The van der Waals surface area contributed by atoms with E-state index in [0.717, 1.165) is 5.56 Å². The Bertz CT molecular complexity index is 956. The number of carbonyl (C=O) groups excluding carboxylic acids is 2. The van der Waals surface area contributed by atoms with Crippen LogP contribution in [0.4, 0.5) is 10.6 Å². The van der Waals surface area contributed by atoms with Gasteiger partial charge in [-0.1, -0.05) is 23.7 Å². The molecule has 0 bridgehead atoms. The van der Waals surface area contributed by atoms with Crippen molar-refractivity contribution < 1.29 is 19.1 Å². The van der Waals surface area contributed by atoms with Gasteiger partial charge in [0.15, 0.2) is 11.6 Å². The number of carbonyl (C=O) groups is 2. The van der Waals surface area contributed by atoms with Crippen molar-refractivity contribution in [3.05, 3.63) is 47.4 Å². The fourth-order valence-electron chi connectivity index (χ4n) is 3.56. The Morgan fingerprint density at radius 3 is 2.42 bits per heavy atom. The number of piperazine rings is 1. The maximum absolute atomic E-state index is 13.4. The summed E-state index contributed by atoms with van der Waals surface area (Å²) >= 11 is 5.99. The van der Waals surface area contributed by atoms with Gasteiger partial charge in [0.2, 0.25) is 5.91 Å². The number of aromatic nitrogens is 2. The van der Waals surface area contributed by atoms with Gasteiger partial charge in [0.1, 0.15) is 18.0 Å². The first kappa shape index (κ1) is 24.6. The van der Waals surface area contributed by atoms with E-state index >= 15 is 0 Å². The Balaban J connectivity index is 1.69. The number of alkyl carbamates (subject to hydrolysis) is 1. The Hall–Kier alpha value is -3.07. The predicted molar refractivity (Wildman–Crippen MR) is 126 cm³/mol. The highest BCUT2D eigenvalue weighted by Crippen LogP contribution is 2.25. The van der Waals surface area contributed by atoms with Crippen LogP contribution in [-0.2, 0) is 16.0 Å². The van der Waals surface area contributed by atoms with E-state index in [1.165, 1.54) is 6.33 Å². The lowest BCUT2D eigenvalue weighted by Crippen LogP contribution is -2.56. The average Bonchev–Trinajstić information content (AvgIpc) is 2.78. The Labute approximate surface area is 199 Å². The van der Waals surface area contributed by atoms with Gasteiger partial charge in [-0.15, -0.1) is 0 Å². The minimum atomic E-state index is -0.763. The lowest BCUT2D eigenvalue weighted by Gasteiger charge is -2.37. The van der Waals surface area contributed by atoms with E-state index in [1.54, 1.807) is 51.1 Å². The van der Waals surface area contributed by atoms with E-state index in [0.29, 0.717) is 49.2 Å². The molecule has 2 amide bonds. The molecule has 1 atom stereocenters. The molecule has 0 radical (unpaired) electrons. The third-order valence-electron chi connectivity index (χ3n) is 5.11. The van der Waals surface area contributed by atoms with Crippen molar-refractivity contribution in [3.8, 4) is 5.75 Å². The number of hydrogen-bond donors (Lipinski definition) is 1. The molecule has 1 saturated heterocycles. The Morgan fingerprint density at radius 2 is 1.82 bits per heavy atom. The number of benzene rings is 1. The highest BCUT2D eigenvalue weighted by molar-refractivity contribution is 6.30. The Morgan fingerprint density at radius 1 is 1.15 bits per heavy atom. The summed E-state index contributed by atoms with van der Waals surface area (Å²) in [6, 6.07) is 6.46. The zero-order chi connectivity index (χ0) is 24.0. The quantitative estimate of drug-likeness (QED) is 0.686. The van der Waals surface area contributed by atoms with Crippen LogP contribution in [0, 0.1) is 0 Å². The second kappa shape index (κ2) is 10.7. The third kappa shape index (κ3) is 6.95. The number of ether oxygens (including phenoxy) is 2. The lowest BCUT2D eigenvalue weighted by molar-refractivity contribution is -0.133. The molecule has 1 N–H and O–H groups in total. The van der Waals surface area contributed by atoms with Gasteiger partial charge in [0.25, 0.3) is 0 Å². The number of rotatable bonds is 6. The SMILES string of the molecule is COc1cncnc1N1CCN(C(=O)C(Cc2ccc(Cl)cc2)NC(=O)OC(C)(C)C)CC1. The van der Waals surface area contributed by atoms with E-state index in [1.807, 2.05) is 12.1 Å². The first-order valence-electron chi connectivity index (χ1n) is 10.8. The van der Waals surface area contributed by atoms with Crippen LogP contribution in [0.25, 0.3) is 0 Å². The minimum absolute atomic E-state index is 0.162. The molecule has 1 aromatic carbocycles. The standard InChI is InChI=1S/C23H30ClN5O4/c1-23(2,3)33-22(31)27-18(13-16-5-7-17(24)8-6-16)21(30)29-11-9-28(10-12-29)20-19(32-4)14-25-15-26-20/h5-8,14-15,18H,9-13H2,1-4H3,(H,27,31). The van der Waals surface area contributed by atoms with Gasteiger partial charge in [-0.3, -0.25) is 4.79 Å². The molecule has 9 nitrogen and oxygen atoms in total. The molecule has 3 rings (SSSR count). The lowest BCUT2D eigenvalue weighted by atomic mass is 10.0.